The Bertz CT molecular complexity index is 1000. The zero-order chi connectivity index (χ0) is 16.5. The monoisotopic (exact) mass is 378 g/mol. The second kappa shape index (κ2) is 7.04. The third-order valence-electron chi connectivity index (χ3n) is 3.33. The third-order valence-corrected chi connectivity index (χ3v) is 4.27. The van der Waals surface area contributed by atoms with Crippen molar-refractivity contribution in [3.05, 3.63) is 48.3 Å². The number of benzene rings is 2. The number of nitrogens with zero attached hydrogens (tertiary/aromatic N) is 3. The molecule has 0 bridgehead atoms. The Balaban J connectivity index is 0.00000182. The average molecular weight is 379 g/mol. The van der Waals surface area contributed by atoms with Crippen molar-refractivity contribution < 1.29 is 13.5 Å². The van der Waals surface area contributed by atoms with Gasteiger partial charge in [-0.2, -0.15) is 0 Å². The van der Waals surface area contributed by atoms with Crippen LogP contribution in [0.3, 0.4) is 0 Å². The zero-order valence-electron chi connectivity index (χ0n) is 12.9. The van der Waals surface area contributed by atoms with Crippen LogP contribution in [0, 0.1) is 5.82 Å². The molecule has 0 aliphatic carbocycles. The van der Waals surface area contributed by atoms with E-state index in [9.17, 15) is 4.39 Å². The Morgan fingerprint density at radius 1 is 1.12 bits per heavy atom. The van der Waals surface area contributed by atoms with Crippen molar-refractivity contribution in [2.45, 2.75) is 0 Å². The molecule has 0 fully saturated rings. The molecule has 4 rings (SSSR count). The molecule has 0 amide bonds. The van der Waals surface area contributed by atoms with Gasteiger partial charge in [-0.15, -0.1) is 17.5 Å². The van der Waals surface area contributed by atoms with E-state index in [1.807, 2.05) is 18.2 Å². The standard InChI is InChI=1S/C16H11FN4O2S.ClH/c1-22-11-3-2-4-12-13(11)18-16(24-12)19-15-21-20-14(23-15)9-5-7-10(17)8-6-9;/h2-8H,1H3,(H,18,19,21);1H. The van der Waals surface area contributed by atoms with E-state index >= 15 is 0 Å². The molecule has 128 valence electrons. The Kier molecular flexibility index (Phi) is 4.82. The van der Waals surface area contributed by atoms with Crippen LogP contribution >= 0.6 is 23.7 Å². The van der Waals surface area contributed by atoms with Crippen LogP contribution in [0.1, 0.15) is 0 Å². The summed E-state index contributed by atoms with van der Waals surface area (Å²) in [5.74, 6) is 0.686. The van der Waals surface area contributed by atoms with Crippen molar-refractivity contribution >= 4 is 45.1 Å². The maximum atomic E-state index is 13.0. The lowest BCUT2D eigenvalue weighted by atomic mass is 10.2. The number of hydrogen-bond donors (Lipinski definition) is 1. The van der Waals surface area contributed by atoms with E-state index in [0.29, 0.717) is 22.3 Å². The summed E-state index contributed by atoms with van der Waals surface area (Å²) in [6.45, 7) is 0. The molecular weight excluding hydrogens is 367 g/mol. The van der Waals surface area contributed by atoms with Crippen LogP contribution < -0.4 is 10.1 Å². The van der Waals surface area contributed by atoms with Gasteiger partial charge in [-0.1, -0.05) is 22.5 Å². The highest BCUT2D eigenvalue weighted by atomic mass is 35.5. The summed E-state index contributed by atoms with van der Waals surface area (Å²) < 4.78 is 24.8. The lowest BCUT2D eigenvalue weighted by molar-refractivity contribution is 0.419. The SMILES string of the molecule is COc1cccc2sc(Nc3nnc(-c4ccc(F)cc4)o3)nc12.Cl. The first kappa shape index (κ1) is 17.1. The van der Waals surface area contributed by atoms with E-state index in [2.05, 4.69) is 20.5 Å². The Morgan fingerprint density at radius 2 is 1.92 bits per heavy atom. The summed E-state index contributed by atoms with van der Waals surface area (Å²) in [6.07, 6.45) is 0. The highest BCUT2D eigenvalue weighted by Gasteiger charge is 2.12. The molecule has 9 heteroatoms. The Labute approximate surface area is 152 Å². The summed E-state index contributed by atoms with van der Waals surface area (Å²) >= 11 is 1.45. The molecule has 4 aromatic rings. The van der Waals surface area contributed by atoms with Gasteiger partial charge in [0.05, 0.1) is 11.8 Å². The smallest absolute Gasteiger partial charge is 0.322 e. The van der Waals surface area contributed by atoms with Gasteiger partial charge in [-0.3, -0.25) is 5.32 Å². The topological polar surface area (TPSA) is 73.1 Å². The minimum Gasteiger partial charge on any atom is -0.494 e. The van der Waals surface area contributed by atoms with Crippen LogP contribution in [0.2, 0.25) is 0 Å². The van der Waals surface area contributed by atoms with Gasteiger partial charge in [0.2, 0.25) is 5.89 Å². The number of rotatable bonds is 4. The lowest BCUT2D eigenvalue weighted by Crippen LogP contribution is -1.89. The van der Waals surface area contributed by atoms with E-state index in [4.69, 9.17) is 9.15 Å². The van der Waals surface area contributed by atoms with Gasteiger partial charge in [0.1, 0.15) is 17.1 Å². The molecule has 0 saturated heterocycles. The predicted molar refractivity (Wildman–Crippen MR) is 96.4 cm³/mol. The minimum atomic E-state index is -0.319. The van der Waals surface area contributed by atoms with Gasteiger partial charge in [0.25, 0.3) is 0 Å². The van der Waals surface area contributed by atoms with Crippen LogP contribution in [-0.4, -0.2) is 22.3 Å². The molecule has 6 nitrogen and oxygen atoms in total. The van der Waals surface area contributed by atoms with E-state index in [-0.39, 0.29) is 24.2 Å². The Morgan fingerprint density at radius 3 is 2.68 bits per heavy atom. The molecule has 0 radical (unpaired) electrons. The number of anilines is 2. The highest BCUT2D eigenvalue weighted by molar-refractivity contribution is 7.22. The molecule has 0 atom stereocenters. The quantitative estimate of drug-likeness (QED) is 0.556. The largest absolute Gasteiger partial charge is 0.494 e. The summed E-state index contributed by atoms with van der Waals surface area (Å²) in [5, 5.41) is 11.5. The second-order valence-corrected chi connectivity index (χ2v) is 5.90. The van der Waals surface area contributed by atoms with Gasteiger partial charge < -0.3 is 9.15 Å². The molecule has 25 heavy (non-hydrogen) atoms. The number of para-hydroxylation sites is 1. The maximum Gasteiger partial charge on any atom is 0.322 e. The fourth-order valence-electron chi connectivity index (χ4n) is 2.22. The average Bonchev–Trinajstić information content (AvgIpc) is 3.22. The summed E-state index contributed by atoms with van der Waals surface area (Å²) in [5.41, 5.74) is 1.41. The van der Waals surface area contributed by atoms with Crippen molar-refractivity contribution in [1.29, 1.82) is 0 Å². The fourth-order valence-corrected chi connectivity index (χ4v) is 3.09. The molecule has 2 heterocycles. The third kappa shape index (κ3) is 3.40. The zero-order valence-corrected chi connectivity index (χ0v) is 14.5. The van der Waals surface area contributed by atoms with Crippen LogP contribution in [0.15, 0.2) is 46.9 Å². The van der Waals surface area contributed by atoms with Gasteiger partial charge in [0, 0.05) is 5.56 Å². The predicted octanol–water partition coefficient (Wildman–Crippen LogP) is 4.66. The minimum absolute atomic E-state index is 0. The van der Waals surface area contributed by atoms with Crippen molar-refractivity contribution in [3.8, 4) is 17.2 Å². The number of halogens is 2. The molecule has 1 N–H and O–H groups in total. The number of thiazole rings is 1. The number of ether oxygens (including phenoxy) is 1. The number of aromatic nitrogens is 3. The molecule has 0 aliphatic rings. The van der Waals surface area contributed by atoms with Crippen molar-refractivity contribution in [1.82, 2.24) is 15.2 Å². The molecule has 2 aromatic carbocycles. The number of fused-ring (bicyclic) bond motifs is 1. The molecule has 0 spiro atoms. The van der Waals surface area contributed by atoms with Crippen molar-refractivity contribution in [2.24, 2.45) is 0 Å². The maximum absolute atomic E-state index is 13.0. The summed E-state index contributed by atoms with van der Waals surface area (Å²) in [4.78, 5) is 4.48. The number of nitrogens with one attached hydrogen (secondary N) is 1. The lowest BCUT2D eigenvalue weighted by Gasteiger charge is -1.98. The first-order valence-corrected chi connectivity index (χ1v) is 7.84. The van der Waals surface area contributed by atoms with Crippen LogP contribution in [0.5, 0.6) is 5.75 Å². The van der Waals surface area contributed by atoms with Gasteiger partial charge in [-0.25, -0.2) is 9.37 Å². The van der Waals surface area contributed by atoms with Crippen LogP contribution in [0.4, 0.5) is 15.5 Å². The second-order valence-electron chi connectivity index (χ2n) is 4.87. The first-order valence-electron chi connectivity index (χ1n) is 7.03. The van der Waals surface area contributed by atoms with Gasteiger partial charge in [-0.05, 0) is 36.4 Å². The van der Waals surface area contributed by atoms with Gasteiger partial charge in [0.15, 0.2) is 5.13 Å². The molecule has 0 aliphatic heterocycles. The molecule has 0 unspecified atom stereocenters. The summed E-state index contributed by atoms with van der Waals surface area (Å²) in [7, 11) is 1.61. The fraction of sp³-hybridized carbons (Fsp3) is 0.0625. The van der Waals surface area contributed by atoms with Gasteiger partial charge >= 0.3 is 6.01 Å². The molecular formula is C16H12ClFN4O2S. The van der Waals surface area contributed by atoms with Crippen LogP contribution in [-0.2, 0) is 0 Å². The number of hydrogen-bond acceptors (Lipinski definition) is 7. The number of methoxy groups -OCH3 is 1. The van der Waals surface area contributed by atoms with E-state index < -0.39 is 0 Å². The normalized spacial score (nSPS) is 10.5. The Hall–Kier alpha value is -2.71. The highest BCUT2D eigenvalue weighted by Crippen LogP contribution is 2.33. The van der Waals surface area contributed by atoms with E-state index in [1.165, 1.54) is 23.5 Å². The molecule has 2 aromatic heterocycles. The summed E-state index contributed by atoms with van der Waals surface area (Å²) in [6, 6.07) is 11.8. The molecule has 0 saturated carbocycles. The van der Waals surface area contributed by atoms with E-state index in [1.54, 1.807) is 19.2 Å². The van der Waals surface area contributed by atoms with Crippen molar-refractivity contribution in [3.63, 3.8) is 0 Å². The van der Waals surface area contributed by atoms with Crippen LogP contribution in [0.25, 0.3) is 21.7 Å². The van der Waals surface area contributed by atoms with Crippen molar-refractivity contribution in [2.75, 3.05) is 12.4 Å². The van der Waals surface area contributed by atoms with E-state index in [0.717, 1.165) is 10.2 Å². The first-order chi connectivity index (χ1) is 11.7.